The number of aryl methyl sites for hydroxylation is 2. The normalized spacial score (nSPS) is 11.5. The lowest BCUT2D eigenvalue weighted by Crippen LogP contribution is -1.95. The Morgan fingerprint density at radius 2 is 1.60 bits per heavy atom. The highest BCUT2D eigenvalue weighted by Gasteiger charge is 2.13. The minimum Gasteiger partial charge on any atom is -0.203 e. The van der Waals surface area contributed by atoms with Crippen LogP contribution in [0.3, 0.4) is 0 Å². The zero-order valence-electron chi connectivity index (χ0n) is 14.7. The molecule has 0 spiro atoms. The number of allylic oxidation sites excluding steroid dienone is 2. The molecule has 2 heteroatoms. The van der Waals surface area contributed by atoms with Gasteiger partial charge >= 0.3 is 0 Å². The van der Waals surface area contributed by atoms with E-state index in [1.807, 2.05) is 38.1 Å². The van der Waals surface area contributed by atoms with Crippen molar-refractivity contribution in [3.05, 3.63) is 83.4 Å². The van der Waals surface area contributed by atoms with E-state index in [2.05, 4.69) is 24.3 Å². The average molecular weight is 336 g/mol. The molecule has 0 nitrogen and oxygen atoms in total. The van der Waals surface area contributed by atoms with E-state index in [0.717, 1.165) is 29.4 Å². The maximum Gasteiger partial charge on any atom is 0.166 e. The molecule has 0 saturated carbocycles. The highest BCUT2D eigenvalue weighted by molar-refractivity contribution is 5.88. The van der Waals surface area contributed by atoms with Crippen molar-refractivity contribution < 1.29 is 8.78 Å². The zero-order valence-corrected chi connectivity index (χ0v) is 14.7. The van der Waals surface area contributed by atoms with Crippen LogP contribution in [0.5, 0.6) is 0 Å². The highest BCUT2D eigenvalue weighted by Crippen LogP contribution is 2.29. The van der Waals surface area contributed by atoms with Crippen LogP contribution in [0.4, 0.5) is 8.78 Å². The minimum absolute atomic E-state index is 0.337. The van der Waals surface area contributed by atoms with E-state index >= 15 is 0 Å². The van der Waals surface area contributed by atoms with E-state index < -0.39 is 11.6 Å². The fraction of sp³-hybridized carbons (Fsp3) is 0.217. The highest BCUT2D eigenvalue weighted by atomic mass is 19.2. The van der Waals surface area contributed by atoms with Gasteiger partial charge in [-0.2, -0.15) is 0 Å². The van der Waals surface area contributed by atoms with E-state index in [9.17, 15) is 8.78 Å². The first-order valence-electron chi connectivity index (χ1n) is 8.75. The smallest absolute Gasteiger partial charge is 0.166 e. The van der Waals surface area contributed by atoms with Gasteiger partial charge in [0.2, 0.25) is 0 Å². The van der Waals surface area contributed by atoms with E-state index in [1.54, 1.807) is 12.1 Å². The lowest BCUT2D eigenvalue weighted by Gasteiger charge is -2.09. The van der Waals surface area contributed by atoms with Gasteiger partial charge in [0.05, 0.1) is 0 Å². The lowest BCUT2D eigenvalue weighted by molar-refractivity contribution is 0.508. The summed E-state index contributed by atoms with van der Waals surface area (Å²) >= 11 is 0. The second-order valence-electron chi connectivity index (χ2n) is 6.26. The first-order chi connectivity index (χ1) is 12.1. The van der Waals surface area contributed by atoms with Crippen molar-refractivity contribution >= 4 is 10.8 Å². The van der Waals surface area contributed by atoms with Gasteiger partial charge in [0.15, 0.2) is 11.6 Å². The van der Waals surface area contributed by atoms with Gasteiger partial charge in [0.1, 0.15) is 0 Å². The lowest BCUT2D eigenvalue weighted by atomic mass is 9.97. The quantitative estimate of drug-likeness (QED) is 0.447. The monoisotopic (exact) mass is 336 g/mol. The molecule has 25 heavy (non-hydrogen) atoms. The van der Waals surface area contributed by atoms with Gasteiger partial charge in [0.25, 0.3) is 0 Å². The maximum atomic E-state index is 14.4. The Kier molecular flexibility index (Phi) is 5.28. The summed E-state index contributed by atoms with van der Waals surface area (Å²) in [6, 6.07) is 15.6. The average Bonchev–Trinajstić information content (AvgIpc) is 2.65. The third-order valence-corrected chi connectivity index (χ3v) is 4.60. The van der Waals surface area contributed by atoms with Crippen LogP contribution >= 0.6 is 0 Å². The summed E-state index contributed by atoms with van der Waals surface area (Å²) in [5, 5.41) is 1.08. The van der Waals surface area contributed by atoms with Crippen molar-refractivity contribution in [2.24, 2.45) is 0 Å². The third kappa shape index (κ3) is 3.63. The first kappa shape index (κ1) is 17.3. The Balaban J connectivity index is 1.95. The van der Waals surface area contributed by atoms with Crippen molar-refractivity contribution in [1.29, 1.82) is 0 Å². The topological polar surface area (TPSA) is 0 Å². The summed E-state index contributed by atoms with van der Waals surface area (Å²) in [6.45, 7) is 3.85. The third-order valence-electron chi connectivity index (χ3n) is 4.60. The van der Waals surface area contributed by atoms with Crippen LogP contribution in [-0.2, 0) is 12.8 Å². The van der Waals surface area contributed by atoms with E-state index in [4.69, 9.17) is 0 Å². The molecule has 3 aromatic rings. The fourth-order valence-electron chi connectivity index (χ4n) is 3.10. The Bertz CT molecular complexity index is 906. The van der Waals surface area contributed by atoms with Crippen molar-refractivity contribution in [3.63, 3.8) is 0 Å². The zero-order chi connectivity index (χ0) is 17.8. The largest absolute Gasteiger partial charge is 0.203 e. The Hall–Kier alpha value is -2.48. The molecule has 0 aliphatic heterocycles. The number of benzene rings is 3. The maximum absolute atomic E-state index is 14.4. The van der Waals surface area contributed by atoms with E-state index in [1.165, 1.54) is 5.56 Å². The van der Waals surface area contributed by atoms with Crippen molar-refractivity contribution in [2.75, 3.05) is 0 Å². The predicted octanol–water partition coefficient (Wildman–Crippen LogP) is 6.86. The first-order valence-corrected chi connectivity index (χ1v) is 8.75. The van der Waals surface area contributed by atoms with Crippen molar-refractivity contribution in [3.8, 4) is 11.1 Å². The van der Waals surface area contributed by atoms with Gasteiger partial charge in [-0.3, -0.25) is 0 Å². The number of hydrogen-bond acceptors (Lipinski definition) is 0. The minimum atomic E-state index is -0.751. The molecule has 0 radical (unpaired) electrons. The molecule has 0 bridgehead atoms. The molecule has 0 heterocycles. The van der Waals surface area contributed by atoms with Crippen LogP contribution in [0, 0.1) is 11.6 Å². The van der Waals surface area contributed by atoms with Crippen molar-refractivity contribution in [2.45, 2.75) is 33.1 Å². The van der Waals surface area contributed by atoms with Crippen LogP contribution in [0.15, 0.2) is 60.7 Å². The SMILES string of the molecule is C/C=C/CCc1ccc(-c2ccc3cc(CC)c(F)c(F)c3c2)cc1. The number of hydrogen-bond donors (Lipinski definition) is 0. The number of fused-ring (bicyclic) bond motifs is 1. The Morgan fingerprint density at radius 1 is 0.880 bits per heavy atom. The molecule has 3 aromatic carbocycles. The van der Waals surface area contributed by atoms with Crippen LogP contribution in [-0.4, -0.2) is 0 Å². The molecule has 0 unspecified atom stereocenters. The second kappa shape index (κ2) is 7.60. The molecular formula is C23H22F2. The molecule has 0 saturated heterocycles. The van der Waals surface area contributed by atoms with Gasteiger partial charge in [-0.15, -0.1) is 0 Å². The summed E-state index contributed by atoms with van der Waals surface area (Å²) < 4.78 is 28.5. The predicted molar refractivity (Wildman–Crippen MR) is 102 cm³/mol. The van der Waals surface area contributed by atoms with Gasteiger partial charge in [-0.05, 0) is 66.0 Å². The van der Waals surface area contributed by atoms with E-state index in [-0.39, 0.29) is 0 Å². The van der Waals surface area contributed by atoms with Crippen LogP contribution in [0.1, 0.15) is 31.4 Å². The molecule has 3 rings (SSSR count). The molecule has 0 amide bonds. The fourth-order valence-corrected chi connectivity index (χ4v) is 3.10. The van der Waals surface area contributed by atoms with Gasteiger partial charge in [-0.1, -0.05) is 55.5 Å². The molecule has 0 aliphatic carbocycles. The Labute approximate surface area is 147 Å². The number of rotatable bonds is 5. The molecule has 0 aliphatic rings. The Morgan fingerprint density at radius 3 is 2.28 bits per heavy atom. The summed E-state index contributed by atoms with van der Waals surface area (Å²) in [4.78, 5) is 0. The summed E-state index contributed by atoms with van der Waals surface area (Å²) in [5.74, 6) is -1.48. The molecule has 0 N–H and O–H groups in total. The van der Waals surface area contributed by atoms with Crippen LogP contribution < -0.4 is 0 Å². The number of halogens is 2. The van der Waals surface area contributed by atoms with Gasteiger partial charge < -0.3 is 0 Å². The van der Waals surface area contributed by atoms with Gasteiger partial charge in [-0.25, -0.2) is 8.78 Å². The molecule has 0 atom stereocenters. The van der Waals surface area contributed by atoms with E-state index in [0.29, 0.717) is 17.4 Å². The van der Waals surface area contributed by atoms with Crippen LogP contribution in [0.2, 0.25) is 0 Å². The molecule has 0 aromatic heterocycles. The molecular weight excluding hydrogens is 314 g/mol. The standard InChI is InChI=1S/C23H22F2/c1-3-5-6-7-16-8-10-18(11-9-16)19-12-13-20-14-17(4-2)22(24)23(25)21(20)15-19/h3,5,8-15H,4,6-7H2,1-2H3/b5-3+. The summed E-state index contributed by atoms with van der Waals surface area (Å²) in [7, 11) is 0. The second-order valence-corrected chi connectivity index (χ2v) is 6.26. The van der Waals surface area contributed by atoms with Crippen molar-refractivity contribution in [1.82, 2.24) is 0 Å². The van der Waals surface area contributed by atoms with Crippen LogP contribution in [0.25, 0.3) is 21.9 Å². The van der Waals surface area contributed by atoms with Gasteiger partial charge in [0, 0.05) is 5.39 Å². The molecule has 128 valence electrons. The summed E-state index contributed by atoms with van der Waals surface area (Å²) in [5.41, 5.74) is 3.60. The molecule has 0 fully saturated rings. The summed E-state index contributed by atoms with van der Waals surface area (Å²) in [6.07, 6.45) is 6.72.